The number of hydrogen-bond donors (Lipinski definition) is 4. The van der Waals surface area contributed by atoms with Crippen molar-refractivity contribution >= 4 is 41.0 Å². The zero-order valence-corrected chi connectivity index (χ0v) is 18.6. The maximum Gasteiger partial charge on any atom is 0.272 e. The zero-order valence-electron chi connectivity index (χ0n) is 18.6. The molecule has 12 nitrogen and oxygen atoms in total. The van der Waals surface area contributed by atoms with Crippen molar-refractivity contribution in [3.8, 4) is 0 Å². The molecule has 0 radical (unpaired) electrons. The summed E-state index contributed by atoms with van der Waals surface area (Å²) in [5.74, 6) is -1.18. The number of aliphatic imine (C=N–C) groups is 1. The van der Waals surface area contributed by atoms with Gasteiger partial charge in [0.25, 0.3) is 11.8 Å². The molecule has 0 spiro atoms. The number of aromatic nitrogens is 3. The third-order valence-corrected chi connectivity index (χ3v) is 5.42. The Morgan fingerprint density at radius 2 is 2.06 bits per heavy atom. The molecule has 176 valence electrons. The Hall–Kier alpha value is -4.22. The fourth-order valence-corrected chi connectivity index (χ4v) is 3.53. The smallest absolute Gasteiger partial charge is 0.272 e. The van der Waals surface area contributed by atoms with E-state index in [9.17, 15) is 14.4 Å². The predicted octanol–water partition coefficient (Wildman–Crippen LogP) is 0.270. The zero-order chi connectivity index (χ0) is 24.1. The number of amides is 3. The van der Waals surface area contributed by atoms with Crippen molar-refractivity contribution in [2.45, 2.75) is 24.8 Å². The number of carbonyl (C=O) groups is 3. The van der Waals surface area contributed by atoms with Gasteiger partial charge in [0, 0.05) is 38.0 Å². The van der Waals surface area contributed by atoms with Crippen molar-refractivity contribution in [2.24, 2.45) is 4.99 Å². The number of nitrogens with zero attached hydrogens (tertiary/aromatic N) is 5. The molecule has 3 heterocycles. The van der Waals surface area contributed by atoms with Gasteiger partial charge in [0.05, 0.1) is 30.3 Å². The molecule has 0 aromatic carbocycles. The summed E-state index contributed by atoms with van der Waals surface area (Å²) in [6.07, 6.45) is 7.88. The Labute approximate surface area is 195 Å². The molecule has 1 aliphatic heterocycles. The van der Waals surface area contributed by atoms with Crippen LogP contribution in [0.15, 0.2) is 35.8 Å². The summed E-state index contributed by atoms with van der Waals surface area (Å²) in [4.78, 5) is 55.4. The maximum atomic E-state index is 13.3. The van der Waals surface area contributed by atoms with Gasteiger partial charge in [0.2, 0.25) is 5.91 Å². The highest BCUT2D eigenvalue weighted by Crippen LogP contribution is 2.39. The molecule has 1 aliphatic carbocycles. The topological polar surface area (TPSA) is 165 Å². The van der Waals surface area contributed by atoms with Gasteiger partial charge in [-0.2, -0.15) is 0 Å². The van der Waals surface area contributed by atoms with Crippen LogP contribution >= 0.6 is 0 Å². The van der Waals surface area contributed by atoms with E-state index in [0.717, 1.165) is 18.5 Å². The van der Waals surface area contributed by atoms with Crippen molar-refractivity contribution in [1.29, 1.82) is 5.41 Å². The van der Waals surface area contributed by atoms with Crippen LogP contribution < -0.4 is 16.0 Å². The Kier molecular flexibility index (Phi) is 6.85. The number of pyridine rings is 1. The van der Waals surface area contributed by atoms with Crippen LogP contribution in [-0.4, -0.2) is 82.2 Å². The Morgan fingerprint density at radius 1 is 1.29 bits per heavy atom. The molecule has 2 aromatic heterocycles. The van der Waals surface area contributed by atoms with Gasteiger partial charge >= 0.3 is 0 Å². The molecule has 3 amide bonds. The summed E-state index contributed by atoms with van der Waals surface area (Å²) in [7, 11) is 1.49. The Bertz CT molecular complexity index is 1130. The van der Waals surface area contributed by atoms with Gasteiger partial charge in [-0.05, 0) is 25.0 Å². The molecule has 1 saturated carbocycles. The summed E-state index contributed by atoms with van der Waals surface area (Å²) in [5, 5.41) is 16.8. The quantitative estimate of drug-likeness (QED) is 0.408. The second-order valence-electron chi connectivity index (χ2n) is 8.01. The lowest BCUT2D eigenvalue weighted by atomic mass is 10.1. The first-order chi connectivity index (χ1) is 16.5. The lowest BCUT2D eigenvalue weighted by Crippen LogP contribution is -2.55. The standard InChI is InChI=1S/C22H25N9O3/c1-24-10-17(19(23)22(34)31-7-6-27-18(32)11-31)30-21(33)20-16(28-14-8-25-12-26-9-14)5-4-15(29-20)13-2-3-13/h4-5,8-10,12-13,17,23,28H,2-3,6-7,11H2,1H3,(H,27,32)(H,30,33). The summed E-state index contributed by atoms with van der Waals surface area (Å²) in [6, 6.07) is 2.56. The van der Waals surface area contributed by atoms with Crippen LogP contribution in [0.2, 0.25) is 0 Å². The maximum absolute atomic E-state index is 13.3. The molecule has 2 aromatic rings. The first-order valence-corrected chi connectivity index (χ1v) is 10.9. The van der Waals surface area contributed by atoms with Crippen molar-refractivity contribution < 1.29 is 14.4 Å². The third kappa shape index (κ3) is 5.39. The highest BCUT2D eigenvalue weighted by Gasteiger charge is 2.31. The Morgan fingerprint density at radius 3 is 2.74 bits per heavy atom. The van der Waals surface area contributed by atoms with Gasteiger partial charge in [-0.1, -0.05) is 0 Å². The minimum absolute atomic E-state index is 0.125. The first-order valence-electron chi connectivity index (χ1n) is 10.9. The van der Waals surface area contributed by atoms with Gasteiger partial charge < -0.3 is 20.9 Å². The average Bonchev–Trinajstić information content (AvgIpc) is 3.69. The molecular weight excluding hydrogens is 438 g/mol. The van der Waals surface area contributed by atoms with Crippen LogP contribution in [0.25, 0.3) is 0 Å². The molecule has 4 rings (SSSR count). The van der Waals surface area contributed by atoms with Gasteiger partial charge in [-0.25, -0.2) is 15.0 Å². The van der Waals surface area contributed by atoms with E-state index in [1.54, 1.807) is 18.5 Å². The Balaban J connectivity index is 1.56. The fraction of sp³-hybridized carbons (Fsp3) is 0.364. The second-order valence-corrected chi connectivity index (χ2v) is 8.01. The lowest BCUT2D eigenvalue weighted by Gasteiger charge is -2.28. The van der Waals surface area contributed by atoms with Gasteiger partial charge in [0.15, 0.2) is 5.69 Å². The van der Waals surface area contributed by atoms with Crippen LogP contribution in [0, 0.1) is 5.41 Å². The van der Waals surface area contributed by atoms with E-state index < -0.39 is 23.6 Å². The molecule has 0 bridgehead atoms. The molecule has 1 atom stereocenters. The highest BCUT2D eigenvalue weighted by atomic mass is 16.2. The lowest BCUT2D eigenvalue weighted by molar-refractivity contribution is -0.133. The van der Waals surface area contributed by atoms with Crippen LogP contribution in [0.3, 0.4) is 0 Å². The minimum atomic E-state index is -1.09. The third-order valence-electron chi connectivity index (χ3n) is 5.42. The molecule has 34 heavy (non-hydrogen) atoms. The van der Waals surface area contributed by atoms with Crippen molar-refractivity contribution in [3.63, 3.8) is 0 Å². The monoisotopic (exact) mass is 463 g/mol. The summed E-state index contributed by atoms with van der Waals surface area (Å²) in [5.41, 5.74) is 1.56. The predicted molar refractivity (Wildman–Crippen MR) is 125 cm³/mol. The van der Waals surface area contributed by atoms with Crippen molar-refractivity contribution in [3.05, 3.63) is 42.2 Å². The van der Waals surface area contributed by atoms with E-state index in [4.69, 9.17) is 5.41 Å². The average molecular weight is 464 g/mol. The van der Waals surface area contributed by atoms with E-state index in [2.05, 4.69) is 35.9 Å². The molecule has 2 fully saturated rings. The second kappa shape index (κ2) is 10.1. The normalized spacial score (nSPS) is 16.6. The number of piperazine rings is 1. The molecule has 12 heteroatoms. The molecule has 2 aliphatic rings. The summed E-state index contributed by atoms with van der Waals surface area (Å²) >= 11 is 0. The number of carbonyl (C=O) groups excluding carboxylic acids is 3. The van der Waals surface area contributed by atoms with Crippen molar-refractivity contribution in [2.75, 3.05) is 32.0 Å². The van der Waals surface area contributed by atoms with Crippen LogP contribution in [-0.2, 0) is 9.59 Å². The van der Waals surface area contributed by atoms with E-state index in [0.29, 0.717) is 23.8 Å². The number of nitrogens with one attached hydrogen (secondary N) is 4. The van der Waals surface area contributed by atoms with E-state index in [1.165, 1.54) is 24.5 Å². The van der Waals surface area contributed by atoms with Crippen LogP contribution in [0.4, 0.5) is 11.4 Å². The van der Waals surface area contributed by atoms with Crippen LogP contribution in [0.1, 0.15) is 34.9 Å². The minimum Gasteiger partial charge on any atom is -0.353 e. The van der Waals surface area contributed by atoms with Crippen molar-refractivity contribution in [1.82, 2.24) is 30.5 Å². The molecular formula is C22H25N9O3. The first kappa shape index (κ1) is 23.0. The van der Waals surface area contributed by atoms with Gasteiger partial charge in [-0.3, -0.25) is 24.8 Å². The summed E-state index contributed by atoms with van der Waals surface area (Å²) in [6.45, 7) is 0.464. The molecule has 1 saturated heterocycles. The van der Waals surface area contributed by atoms with E-state index >= 15 is 0 Å². The van der Waals surface area contributed by atoms with Gasteiger partial charge in [-0.15, -0.1) is 0 Å². The fourth-order valence-electron chi connectivity index (χ4n) is 3.53. The van der Waals surface area contributed by atoms with E-state index in [1.807, 2.05) is 6.07 Å². The number of hydrogen-bond acceptors (Lipinski definition) is 9. The highest BCUT2D eigenvalue weighted by molar-refractivity contribution is 6.43. The molecule has 1 unspecified atom stereocenters. The number of anilines is 2. The molecule has 4 N–H and O–H groups in total. The number of rotatable bonds is 8. The largest absolute Gasteiger partial charge is 0.353 e. The summed E-state index contributed by atoms with van der Waals surface area (Å²) < 4.78 is 0. The van der Waals surface area contributed by atoms with Crippen LogP contribution in [0.5, 0.6) is 0 Å². The van der Waals surface area contributed by atoms with E-state index in [-0.39, 0.29) is 24.7 Å². The SMILES string of the molecule is CN=CC(NC(=O)c1nc(C2CC2)ccc1Nc1cncnc1)C(=N)C(=O)N1CCNC(=O)C1. The van der Waals surface area contributed by atoms with Gasteiger partial charge in [0.1, 0.15) is 18.1 Å².